The number of hydrogen-bond donors (Lipinski definition) is 1. The van der Waals surface area contributed by atoms with E-state index in [1.807, 2.05) is 23.1 Å². The van der Waals surface area contributed by atoms with Crippen LogP contribution in [0, 0.1) is 0 Å². The molecule has 3 rings (SSSR count). The first-order valence-electron chi connectivity index (χ1n) is 7.06. The van der Waals surface area contributed by atoms with E-state index in [2.05, 4.69) is 5.32 Å². The Morgan fingerprint density at radius 3 is 3.20 bits per heavy atom. The first-order chi connectivity index (χ1) is 9.78. The van der Waals surface area contributed by atoms with E-state index >= 15 is 0 Å². The van der Waals surface area contributed by atoms with Crippen LogP contribution in [0.1, 0.15) is 12.0 Å². The molecule has 1 atom stereocenters. The van der Waals surface area contributed by atoms with Crippen molar-refractivity contribution >= 4 is 11.6 Å². The summed E-state index contributed by atoms with van der Waals surface area (Å²) in [5.41, 5.74) is 2.21. The highest BCUT2D eigenvalue weighted by molar-refractivity contribution is 5.95. The molecule has 5 heteroatoms. The van der Waals surface area contributed by atoms with Gasteiger partial charge in [-0.2, -0.15) is 0 Å². The Balaban J connectivity index is 1.68. The van der Waals surface area contributed by atoms with Gasteiger partial charge in [-0.1, -0.05) is 0 Å². The van der Waals surface area contributed by atoms with Crippen molar-refractivity contribution in [1.82, 2.24) is 5.32 Å². The Bertz CT molecular complexity index is 498. The lowest BCUT2D eigenvalue weighted by atomic mass is 10.1. The molecule has 108 valence electrons. The van der Waals surface area contributed by atoms with Gasteiger partial charge in [-0.25, -0.2) is 0 Å². The number of morpholine rings is 1. The third-order valence-electron chi connectivity index (χ3n) is 3.90. The summed E-state index contributed by atoms with van der Waals surface area (Å²) < 4.78 is 10.6. The molecule has 20 heavy (non-hydrogen) atoms. The SMILES string of the molecule is COc1ccc2c(c1)CCN2C(=O)CC1COCCN1. The molecule has 2 aliphatic heterocycles. The number of hydrogen-bond acceptors (Lipinski definition) is 4. The molecule has 1 saturated heterocycles. The van der Waals surface area contributed by atoms with Gasteiger partial charge in [0.15, 0.2) is 0 Å². The van der Waals surface area contributed by atoms with Crippen molar-refractivity contribution in [3.63, 3.8) is 0 Å². The fourth-order valence-electron chi connectivity index (χ4n) is 2.84. The zero-order valence-corrected chi connectivity index (χ0v) is 11.7. The van der Waals surface area contributed by atoms with E-state index in [-0.39, 0.29) is 11.9 Å². The monoisotopic (exact) mass is 276 g/mol. The third kappa shape index (κ3) is 2.64. The minimum atomic E-state index is 0.138. The molecule has 5 nitrogen and oxygen atoms in total. The zero-order valence-electron chi connectivity index (χ0n) is 11.7. The second-order valence-corrected chi connectivity index (χ2v) is 5.22. The zero-order chi connectivity index (χ0) is 13.9. The van der Waals surface area contributed by atoms with Crippen LogP contribution in [0.25, 0.3) is 0 Å². The smallest absolute Gasteiger partial charge is 0.228 e. The van der Waals surface area contributed by atoms with Gasteiger partial charge in [0.25, 0.3) is 0 Å². The summed E-state index contributed by atoms with van der Waals surface area (Å²) in [4.78, 5) is 14.3. The van der Waals surface area contributed by atoms with Gasteiger partial charge in [0.1, 0.15) is 5.75 Å². The molecule has 0 aromatic heterocycles. The Morgan fingerprint density at radius 2 is 2.45 bits per heavy atom. The summed E-state index contributed by atoms with van der Waals surface area (Å²) in [5.74, 6) is 1.01. The summed E-state index contributed by atoms with van der Waals surface area (Å²) in [6.45, 7) is 2.94. The average Bonchev–Trinajstić information content (AvgIpc) is 2.91. The fraction of sp³-hybridized carbons (Fsp3) is 0.533. The van der Waals surface area contributed by atoms with Crippen molar-refractivity contribution in [2.24, 2.45) is 0 Å². The van der Waals surface area contributed by atoms with Crippen LogP contribution in [0.4, 0.5) is 5.69 Å². The van der Waals surface area contributed by atoms with Crippen LogP contribution < -0.4 is 15.0 Å². The predicted molar refractivity (Wildman–Crippen MR) is 76.3 cm³/mol. The van der Waals surface area contributed by atoms with Crippen molar-refractivity contribution in [2.75, 3.05) is 38.3 Å². The second kappa shape index (κ2) is 5.81. The number of nitrogens with zero attached hydrogens (tertiary/aromatic N) is 1. The van der Waals surface area contributed by atoms with E-state index in [0.717, 1.165) is 37.6 Å². The number of ether oxygens (including phenoxy) is 2. The minimum Gasteiger partial charge on any atom is -0.497 e. The van der Waals surface area contributed by atoms with Gasteiger partial charge in [0.2, 0.25) is 5.91 Å². The minimum absolute atomic E-state index is 0.138. The maximum Gasteiger partial charge on any atom is 0.228 e. The molecule has 2 heterocycles. The van der Waals surface area contributed by atoms with Gasteiger partial charge < -0.3 is 19.7 Å². The first-order valence-corrected chi connectivity index (χ1v) is 7.06. The number of carbonyl (C=O) groups excluding carboxylic acids is 1. The lowest BCUT2D eigenvalue weighted by molar-refractivity contribution is -0.119. The second-order valence-electron chi connectivity index (χ2n) is 5.22. The summed E-state index contributed by atoms with van der Waals surface area (Å²) >= 11 is 0. The molecule has 0 bridgehead atoms. The molecule has 2 aliphatic rings. The number of anilines is 1. The molecular formula is C15H20N2O3. The summed E-state index contributed by atoms with van der Waals surface area (Å²) in [6.07, 6.45) is 1.39. The molecular weight excluding hydrogens is 256 g/mol. The van der Waals surface area contributed by atoms with Crippen molar-refractivity contribution < 1.29 is 14.3 Å². The number of carbonyl (C=O) groups is 1. The van der Waals surface area contributed by atoms with Gasteiger partial charge in [0.05, 0.1) is 20.3 Å². The highest BCUT2D eigenvalue weighted by atomic mass is 16.5. The van der Waals surface area contributed by atoms with E-state index in [9.17, 15) is 4.79 Å². The molecule has 1 fully saturated rings. The van der Waals surface area contributed by atoms with Crippen molar-refractivity contribution in [3.05, 3.63) is 23.8 Å². The number of methoxy groups -OCH3 is 1. The summed E-state index contributed by atoms with van der Waals surface area (Å²) in [7, 11) is 1.66. The Kier molecular flexibility index (Phi) is 3.89. The van der Waals surface area contributed by atoms with E-state index in [1.165, 1.54) is 5.56 Å². The Morgan fingerprint density at radius 1 is 1.55 bits per heavy atom. The highest BCUT2D eigenvalue weighted by Gasteiger charge is 2.27. The van der Waals surface area contributed by atoms with Gasteiger partial charge in [-0.3, -0.25) is 4.79 Å². The van der Waals surface area contributed by atoms with Crippen LogP contribution >= 0.6 is 0 Å². The van der Waals surface area contributed by atoms with Gasteiger partial charge in [0, 0.05) is 31.2 Å². The van der Waals surface area contributed by atoms with E-state index in [0.29, 0.717) is 13.0 Å². The summed E-state index contributed by atoms with van der Waals surface area (Å²) in [6, 6.07) is 6.04. The number of rotatable bonds is 3. The maximum absolute atomic E-state index is 12.4. The number of nitrogens with one attached hydrogen (secondary N) is 1. The summed E-state index contributed by atoms with van der Waals surface area (Å²) in [5, 5.41) is 3.32. The topological polar surface area (TPSA) is 50.8 Å². The quantitative estimate of drug-likeness (QED) is 0.893. The number of fused-ring (bicyclic) bond motifs is 1. The van der Waals surface area contributed by atoms with Crippen LogP contribution in [0.3, 0.4) is 0 Å². The number of amides is 1. The predicted octanol–water partition coefficient (Wildman–Crippen LogP) is 0.963. The Hall–Kier alpha value is -1.59. The maximum atomic E-state index is 12.4. The van der Waals surface area contributed by atoms with Crippen molar-refractivity contribution in [3.8, 4) is 5.75 Å². The molecule has 1 unspecified atom stereocenters. The first kappa shape index (κ1) is 13.4. The Labute approximate surface area is 118 Å². The van der Waals surface area contributed by atoms with E-state index in [4.69, 9.17) is 9.47 Å². The lowest BCUT2D eigenvalue weighted by Crippen LogP contribution is -2.45. The standard InChI is InChI=1S/C15H20N2O3/c1-19-13-2-3-14-11(8-13)4-6-17(14)15(18)9-12-10-20-7-5-16-12/h2-3,8,12,16H,4-7,9-10H2,1H3. The lowest BCUT2D eigenvalue weighted by Gasteiger charge is -2.26. The molecule has 0 spiro atoms. The van der Waals surface area contributed by atoms with E-state index < -0.39 is 0 Å². The molecule has 0 aliphatic carbocycles. The highest BCUT2D eigenvalue weighted by Crippen LogP contribution is 2.31. The van der Waals surface area contributed by atoms with Crippen LogP contribution in [0.5, 0.6) is 5.75 Å². The van der Waals surface area contributed by atoms with Gasteiger partial charge in [-0.15, -0.1) is 0 Å². The molecule has 0 radical (unpaired) electrons. The van der Waals surface area contributed by atoms with E-state index in [1.54, 1.807) is 7.11 Å². The fourth-order valence-corrected chi connectivity index (χ4v) is 2.84. The van der Waals surface area contributed by atoms with Gasteiger partial charge >= 0.3 is 0 Å². The number of benzene rings is 1. The molecule has 1 N–H and O–H groups in total. The van der Waals surface area contributed by atoms with Crippen molar-refractivity contribution in [1.29, 1.82) is 0 Å². The van der Waals surface area contributed by atoms with Crippen molar-refractivity contribution in [2.45, 2.75) is 18.9 Å². The van der Waals surface area contributed by atoms with Crippen LogP contribution in [0.15, 0.2) is 18.2 Å². The van der Waals surface area contributed by atoms with Gasteiger partial charge in [-0.05, 0) is 30.2 Å². The third-order valence-corrected chi connectivity index (χ3v) is 3.90. The molecule has 1 amide bonds. The average molecular weight is 276 g/mol. The van der Waals surface area contributed by atoms with Crippen LogP contribution in [-0.2, 0) is 16.0 Å². The molecule has 0 saturated carbocycles. The molecule has 1 aromatic carbocycles. The molecule has 1 aromatic rings. The van der Waals surface area contributed by atoms with Crippen LogP contribution in [-0.4, -0.2) is 45.4 Å². The largest absolute Gasteiger partial charge is 0.497 e. The van der Waals surface area contributed by atoms with Crippen LogP contribution in [0.2, 0.25) is 0 Å². The normalized spacial score (nSPS) is 21.6.